The number of pyridine rings is 1. The van der Waals surface area contributed by atoms with Crippen molar-refractivity contribution >= 4 is 16.9 Å². The molecule has 0 atom stereocenters. The predicted molar refractivity (Wildman–Crippen MR) is 88.2 cm³/mol. The smallest absolute Gasteiger partial charge is 0.254 e. The van der Waals surface area contributed by atoms with Crippen molar-refractivity contribution in [2.45, 2.75) is 26.8 Å². The van der Waals surface area contributed by atoms with Gasteiger partial charge in [-0.2, -0.15) is 5.10 Å². The predicted octanol–water partition coefficient (Wildman–Crippen LogP) is 3.36. The number of carbonyl (C=O) groups excluding carboxylic acids is 1. The van der Waals surface area contributed by atoms with Crippen LogP contribution < -0.4 is 0 Å². The van der Waals surface area contributed by atoms with E-state index in [1.54, 1.807) is 36.5 Å². The Morgan fingerprint density at radius 3 is 2.83 bits per heavy atom. The first-order valence-corrected chi connectivity index (χ1v) is 7.70. The van der Waals surface area contributed by atoms with Crippen LogP contribution >= 0.6 is 0 Å². The number of rotatable bonds is 4. The first-order chi connectivity index (χ1) is 11.0. The quantitative estimate of drug-likeness (QED) is 0.741. The van der Waals surface area contributed by atoms with Crippen LogP contribution in [0.1, 0.15) is 37.2 Å². The lowest BCUT2D eigenvalue weighted by atomic mass is 10.1. The van der Waals surface area contributed by atoms with E-state index in [1.165, 1.54) is 0 Å². The minimum atomic E-state index is -0.0454. The molecule has 3 rings (SSSR count). The molecule has 0 aliphatic rings. The van der Waals surface area contributed by atoms with Gasteiger partial charge in [-0.3, -0.25) is 4.79 Å². The van der Waals surface area contributed by atoms with E-state index in [2.05, 4.69) is 10.1 Å². The molecule has 6 heteroatoms. The van der Waals surface area contributed by atoms with Crippen molar-refractivity contribution in [1.29, 1.82) is 0 Å². The van der Waals surface area contributed by atoms with Gasteiger partial charge in [0.25, 0.3) is 5.91 Å². The van der Waals surface area contributed by atoms with Crippen molar-refractivity contribution in [2.24, 2.45) is 0 Å². The zero-order chi connectivity index (χ0) is 16.6. The molecule has 120 valence electrons. The number of amides is 1. The summed E-state index contributed by atoms with van der Waals surface area (Å²) in [5, 5.41) is 5.16. The monoisotopic (exact) mass is 312 g/mol. The fraction of sp³-hybridized carbons (Fsp3) is 0.353. The first kappa shape index (κ1) is 15.3. The molecule has 3 heterocycles. The van der Waals surface area contributed by atoms with Gasteiger partial charge < -0.3 is 9.32 Å². The number of fused-ring (bicyclic) bond motifs is 1. The lowest BCUT2D eigenvalue weighted by Crippen LogP contribution is -2.26. The molecule has 0 aliphatic heterocycles. The summed E-state index contributed by atoms with van der Waals surface area (Å²) in [5.74, 6) is 0.590. The number of hydrogen-bond acceptors (Lipinski definition) is 4. The molecule has 0 N–H and O–H groups in total. The zero-order valence-corrected chi connectivity index (χ0v) is 13.8. The van der Waals surface area contributed by atoms with Crippen LogP contribution in [0, 0.1) is 0 Å². The average molecular weight is 312 g/mol. The number of nitrogens with zero attached hydrogens (tertiary/aromatic N) is 4. The molecule has 0 saturated heterocycles. The summed E-state index contributed by atoms with van der Waals surface area (Å²) >= 11 is 0. The lowest BCUT2D eigenvalue weighted by Gasteiger charge is -2.16. The van der Waals surface area contributed by atoms with Gasteiger partial charge >= 0.3 is 0 Å². The average Bonchev–Trinajstić information content (AvgIpc) is 3.21. The summed E-state index contributed by atoms with van der Waals surface area (Å²) in [6, 6.07) is 5.57. The Morgan fingerprint density at radius 1 is 1.43 bits per heavy atom. The van der Waals surface area contributed by atoms with E-state index >= 15 is 0 Å². The Hall–Kier alpha value is -2.63. The second-order valence-electron chi connectivity index (χ2n) is 5.77. The molecule has 0 saturated carbocycles. The molecule has 0 unspecified atom stereocenters. The molecule has 3 aromatic rings. The normalized spacial score (nSPS) is 11.3. The largest absolute Gasteiger partial charge is 0.463 e. The summed E-state index contributed by atoms with van der Waals surface area (Å²) < 4.78 is 7.27. The molecule has 0 bridgehead atoms. The van der Waals surface area contributed by atoms with Crippen LogP contribution in [0.25, 0.3) is 22.5 Å². The van der Waals surface area contributed by atoms with E-state index < -0.39 is 0 Å². The summed E-state index contributed by atoms with van der Waals surface area (Å²) in [6.07, 6.45) is 3.31. The number of carbonyl (C=O) groups is 1. The highest BCUT2D eigenvalue weighted by Gasteiger charge is 2.20. The van der Waals surface area contributed by atoms with Gasteiger partial charge in [-0.25, -0.2) is 9.67 Å². The Balaban J connectivity index is 2.27. The molecule has 0 spiro atoms. The molecule has 23 heavy (non-hydrogen) atoms. The lowest BCUT2D eigenvalue weighted by molar-refractivity contribution is 0.0804. The van der Waals surface area contributed by atoms with Crippen molar-refractivity contribution in [2.75, 3.05) is 13.6 Å². The maximum Gasteiger partial charge on any atom is 0.254 e. The van der Waals surface area contributed by atoms with Crippen molar-refractivity contribution in [3.63, 3.8) is 0 Å². The molecule has 3 aromatic heterocycles. The van der Waals surface area contributed by atoms with E-state index in [0.717, 1.165) is 5.39 Å². The standard InChI is InChI=1S/C17H20N4O2/c1-5-20(4)17(22)12-9-14(15-7-6-8-23-15)19-16-13(12)10-18-21(16)11(2)3/h6-11H,5H2,1-4H3. The third kappa shape index (κ3) is 2.60. The molecular weight excluding hydrogens is 292 g/mol. The van der Waals surface area contributed by atoms with E-state index in [0.29, 0.717) is 29.2 Å². The summed E-state index contributed by atoms with van der Waals surface area (Å²) in [6.45, 7) is 6.65. The number of aromatic nitrogens is 3. The first-order valence-electron chi connectivity index (χ1n) is 7.70. The third-order valence-corrected chi connectivity index (χ3v) is 3.88. The van der Waals surface area contributed by atoms with E-state index in [1.807, 2.05) is 31.5 Å². The minimum absolute atomic E-state index is 0.0454. The van der Waals surface area contributed by atoms with Gasteiger partial charge in [0.05, 0.1) is 23.4 Å². The number of furan rings is 1. The van der Waals surface area contributed by atoms with Gasteiger partial charge in [0.1, 0.15) is 5.69 Å². The highest BCUT2D eigenvalue weighted by atomic mass is 16.3. The van der Waals surface area contributed by atoms with Crippen molar-refractivity contribution < 1.29 is 9.21 Å². The van der Waals surface area contributed by atoms with E-state index in [9.17, 15) is 4.79 Å². The molecule has 0 fully saturated rings. The van der Waals surface area contributed by atoms with E-state index in [4.69, 9.17) is 4.42 Å². The van der Waals surface area contributed by atoms with Crippen LogP contribution in [-0.4, -0.2) is 39.2 Å². The van der Waals surface area contributed by atoms with Crippen LogP contribution in [0.5, 0.6) is 0 Å². The Labute approximate surface area is 134 Å². The molecule has 0 aliphatic carbocycles. The van der Waals surface area contributed by atoms with Gasteiger partial charge in [-0.1, -0.05) is 0 Å². The molecule has 0 aromatic carbocycles. The zero-order valence-electron chi connectivity index (χ0n) is 13.8. The third-order valence-electron chi connectivity index (χ3n) is 3.88. The Kier molecular flexibility index (Phi) is 3.90. The van der Waals surface area contributed by atoms with Gasteiger partial charge in [0.2, 0.25) is 0 Å². The maximum absolute atomic E-state index is 12.7. The second-order valence-corrected chi connectivity index (χ2v) is 5.77. The van der Waals surface area contributed by atoms with Gasteiger partial charge in [-0.05, 0) is 39.0 Å². The van der Waals surface area contributed by atoms with Crippen molar-refractivity contribution in [1.82, 2.24) is 19.7 Å². The summed E-state index contributed by atoms with van der Waals surface area (Å²) in [5.41, 5.74) is 1.93. The van der Waals surface area contributed by atoms with Crippen molar-refractivity contribution in [3.05, 3.63) is 36.2 Å². The van der Waals surface area contributed by atoms with Gasteiger partial charge in [-0.15, -0.1) is 0 Å². The van der Waals surface area contributed by atoms with Crippen LogP contribution in [0.3, 0.4) is 0 Å². The Morgan fingerprint density at radius 2 is 2.22 bits per heavy atom. The molecule has 6 nitrogen and oxygen atoms in total. The highest BCUT2D eigenvalue weighted by molar-refractivity contribution is 6.06. The SMILES string of the molecule is CCN(C)C(=O)c1cc(-c2ccco2)nc2c1cnn2C(C)C. The van der Waals surface area contributed by atoms with E-state index in [-0.39, 0.29) is 11.9 Å². The summed E-state index contributed by atoms with van der Waals surface area (Å²) in [4.78, 5) is 19.1. The van der Waals surface area contributed by atoms with Crippen LogP contribution in [0.4, 0.5) is 0 Å². The second kappa shape index (κ2) is 5.87. The topological polar surface area (TPSA) is 64.2 Å². The summed E-state index contributed by atoms with van der Waals surface area (Å²) in [7, 11) is 1.79. The Bertz CT molecular complexity index is 834. The minimum Gasteiger partial charge on any atom is -0.463 e. The molecule has 0 radical (unpaired) electrons. The molecular formula is C17H20N4O2. The molecule has 1 amide bonds. The van der Waals surface area contributed by atoms with Crippen LogP contribution in [-0.2, 0) is 0 Å². The van der Waals surface area contributed by atoms with Gasteiger partial charge in [0, 0.05) is 19.6 Å². The van der Waals surface area contributed by atoms with Crippen LogP contribution in [0.2, 0.25) is 0 Å². The fourth-order valence-corrected chi connectivity index (χ4v) is 2.47. The maximum atomic E-state index is 12.7. The number of hydrogen-bond donors (Lipinski definition) is 0. The van der Waals surface area contributed by atoms with Crippen LogP contribution in [0.15, 0.2) is 35.1 Å². The van der Waals surface area contributed by atoms with Gasteiger partial charge in [0.15, 0.2) is 11.4 Å². The van der Waals surface area contributed by atoms with Crippen molar-refractivity contribution in [3.8, 4) is 11.5 Å². The highest BCUT2D eigenvalue weighted by Crippen LogP contribution is 2.27. The fourth-order valence-electron chi connectivity index (χ4n) is 2.47.